The van der Waals surface area contributed by atoms with E-state index in [1.165, 1.54) is 19.3 Å². The van der Waals surface area contributed by atoms with Gasteiger partial charge in [0.05, 0.1) is 0 Å². The Hall–Kier alpha value is -1.83. The van der Waals surface area contributed by atoms with Gasteiger partial charge >= 0.3 is 0 Å². The zero-order valence-electron chi connectivity index (χ0n) is 16.3. The molecule has 1 aromatic rings. The number of aliphatic hydroxyl groups excluding tert-OH is 1. The molecule has 3 rings (SSSR count). The summed E-state index contributed by atoms with van der Waals surface area (Å²) in [6.07, 6.45) is 9.94. The Morgan fingerprint density at radius 3 is 2.74 bits per heavy atom. The van der Waals surface area contributed by atoms with Crippen molar-refractivity contribution < 1.29 is 9.90 Å². The van der Waals surface area contributed by atoms with Crippen LogP contribution in [0.25, 0.3) is 0 Å². The summed E-state index contributed by atoms with van der Waals surface area (Å²) >= 11 is 0. The van der Waals surface area contributed by atoms with Gasteiger partial charge in [0, 0.05) is 43.3 Å². The van der Waals surface area contributed by atoms with Gasteiger partial charge in [0.25, 0.3) is 5.91 Å². The highest BCUT2D eigenvalue weighted by molar-refractivity contribution is 5.99. The summed E-state index contributed by atoms with van der Waals surface area (Å²) in [4.78, 5) is 14.8. The van der Waals surface area contributed by atoms with Gasteiger partial charge in [-0.1, -0.05) is 43.6 Å². The van der Waals surface area contributed by atoms with Gasteiger partial charge < -0.3 is 15.3 Å². The smallest absolute Gasteiger partial charge is 0.254 e. The summed E-state index contributed by atoms with van der Waals surface area (Å²) in [5.74, 6) is 6.80. The van der Waals surface area contributed by atoms with Crippen molar-refractivity contribution in [3.8, 4) is 11.8 Å². The maximum absolute atomic E-state index is 12.8. The largest absolute Gasteiger partial charge is 0.396 e. The van der Waals surface area contributed by atoms with Crippen molar-refractivity contribution in [2.24, 2.45) is 0 Å². The van der Waals surface area contributed by atoms with Crippen molar-refractivity contribution in [1.29, 1.82) is 0 Å². The average molecular weight is 369 g/mol. The maximum atomic E-state index is 12.8. The zero-order chi connectivity index (χ0) is 18.9. The summed E-state index contributed by atoms with van der Waals surface area (Å²) in [5, 5.41) is 12.2. The minimum atomic E-state index is 0.172. The van der Waals surface area contributed by atoms with Crippen LogP contribution in [0.4, 0.5) is 0 Å². The first kappa shape index (κ1) is 19.9. The summed E-state index contributed by atoms with van der Waals surface area (Å²) in [6, 6.07) is 6.28. The van der Waals surface area contributed by atoms with E-state index >= 15 is 0 Å². The lowest BCUT2D eigenvalue weighted by molar-refractivity contribution is 0.0674. The summed E-state index contributed by atoms with van der Waals surface area (Å²) < 4.78 is 0. The Kier molecular flexibility index (Phi) is 7.74. The third-order valence-corrected chi connectivity index (χ3v) is 5.64. The van der Waals surface area contributed by atoms with Gasteiger partial charge in [0.2, 0.25) is 0 Å². The Morgan fingerprint density at radius 1 is 1.15 bits per heavy atom. The molecule has 4 nitrogen and oxygen atoms in total. The third kappa shape index (κ3) is 5.34. The van der Waals surface area contributed by atoms with E-state index in [0.29, 0.717) is 19.2 Å². The SMILES string of the molecule is O=C1c2cccc(C#CCCCCCCCCO)c2CN1C1CCCNC1. The molecule has 1 aromatic carbocycles. The van der Waals surface area contributed by atoms with Gasteiger partial charge in [-0.25, -0.2) is 0 Å². The number of carbonyl (C=O) groups is 1. The molecule has 2 aliphatic heterocycles. The number of amides is 1. The standard InChI is InChI=1S/C23H32N2O2/c26-16-8-6-4-2-1-3-5-7-11-19-12-9-14-21-22(19)18-25(23(21)27)20-13-10-15-24-17-20/h9,12,14,20,24,26H,1-6,8,10,13,15-18H2. The number of nitrogens with zero attached hydrogens (tertiary/aromatic N) is 1. The van der Waals surface area contributed by atoms with Gasteiger partial charge in [-0.15, -0.1) is 0 Å². The van der Waals surface area contributed by atoms with Crippen LogP contribution in [-0.4, -0.2) is 41.7 Å². The van der Waals surface area contributed by atoms with E-state index in [-0.39, 0.29) is 5.91 Å². The monoisotopic (exact) mass is 368 g/mol. The number of hydrogen-bond acceptors (Lipinski definition) is 3. The van der Waals surface area contributed by atoms with Gasteiger partial charge in [0.15, 0.2) is 0 Å². The Bertz CT molecular complexity index is 683. The highest BCUT2D eigenvalue weighted by atomic mass is 16.2. The molecule has 0 saturated carbocycles. The molecule has 27 heavy (non-hydrogen) atoms. The van der Waals surface area contributed by atoms with Crippen molar-refractivity contribution in [3.05, 3.63) is 34.9 Å². The molecule has 1 saturated heterocycles. The number of piperidine rings is 1. The molecule has 2 aliphatic rings. The molecule has 1 amide bonds. The number of rotatable bonds is 8. The second-order valence-electron chi connectivity index (χ2n) is 7.66. The molecule has 0 spiro atoms. The van der Waals surface area contributed by atoms with Crippen LogP contribution in [0.1, 0.15) is 79.3 Å². The Morgan fingerprint density at radius 2 is 1.96 bits per heavy atom. The Balaban J connectivity index is 1.52. The summed E-state index contributed by atoms with van der Waals surface area (Å²) in [6.45, 7) is 2.98. The molecule has 0 aliphatic carbocycles. The van der Waals surface area contributed by atoms with Gasteiger partial charge in [0.1, 0.15) is 0 Å². The van der Waals surface area contributed by atoms with Crippen LogP contribution in [0, 0.1) is 11.8 Å². The molecule has 146 valence electrons. The first-order valence-corrected chi connectivity index (χ1v) is 10.5. The number of benzene rings is 1. The fourth-order valence-electron chi connectivity index (χ4n) is 4.06. The van der Waals surface area contributed by atoms with Crippen LogP contribution in [-0.2, 0) is 6.54 Å². The molecule has 1 atom stereocenters. The molecule has 0 radical (unpaired) electrons. The van der Waals surface area contributed by atoms with Crippen molar-refractivity contribution in [2.45, 2.75) is 70.4 Å². The predicted octanol–water partition coefficient (Wildman–Crippen LogP) is 3.47. The minimum absolute atomic E-state index is 0.172. The van der Waals surface area contributed by atoms with E-state index in [4.69, 9.17) is 5.11 Å². The molecule has 0 aromatic heterocycles. The number of aliphatic hydroxyl groups is 1. The molecule has 2 N–H and O–H groups in total. The number of unbranched alkanes of at least 4 members (excludes halogenated alkanes) is 6. The van der Waals surface area contributed by atoms with Gasteiger partial charge in [-0.2, -0.15) is 0 Å². The predicted molar refractivity (Wildman–Crippen MR) is 108 cm³/mol. The van der Waals surface area contributed by atoms with Gasteiger partial charge in [-0.3, -0.25) is 4.79 Å². The van der Waals surface area contributed by atoms with Crippen LogP contribution in [0.3, 0.4) is 0 Å². The molecule has 0 bridgehead atoms. The van der Waals surface area contributed by atoms with Gasteiger partial charge in [-0.05, 0) is 49.9 Å². The van der Waals surface area contributed by atoms with Crippen LogP contribution >= 0.6 is 0 Å². The van der Waals surface area contributed by atoms with E-state index in [0.717, 1.165) is 68.3 Å². The summed E-state index contributed by atoms with van der Waals surface area (Å²) in [7, 11) is 0. The number of nitrogens with one attached hydrogen (secondary N) is 1. The Labute approximate surface area is 163 Å². The van der Waals surface area contributed by atoms with Crippen molar-refractivity contribution >= 4 is 5.91 Å². The van der Waals surface area contributed by atoms with E-state index in [1.54, 1.807) is 0 Å². The maximum Gasteiger partial charge on any atom is 0.254 e. The first-order valence-electron chi connectivity index (χ1n) is 10.5. The first-order chi connectivity index (χ1) is 13.3. The zero-order valence-corrected chi connectivity index (χ0v) is 16.3. The van der Waals surface area contributed by atoms with E-state index in [9.17, 15) is 4.79 Å². The van der Waals surface area contributed by atoms with Crippen LogP contribution < -0.4 is 5.32 Å². The van der Waals surface area contributed by atoms with Crippen molar-refractivity contribution in [3.63, 3.8) is 0 Å². The number of carbonyl (C=O) groups excluding carboxylic acids is 1. The lowest BCUT2D eigenvalue weighted by Gasteiger charge is -2.31. The van der Waals surface area contributed by atoms with Crippen LogP contribution in [0.5, 0.6) is 0 Å². The molecular formula is C23H32N2O2. The average Bonchev–Trinajstić information content (AvgIpc) is 3.05. The fraction of sp³-hybridized carbons (Fsp3) is 0.609. The minimum Gasteiger partial charge on any atom is -0.396 e. The highest BCUT2D eigenvalue weighted by Gasteiger charge is 2.34. The lowest BCUT2D eigenvalue weighted by Crippen LogP contribution is -2.46. The second-order valence-corrected chi connectivity index (χ2v) is 7.66. The quantitative estimate of drug-likeness (QED) is 0.546. The van der Waals surface area contributed by atoms with E-state index < -0.39 is 0 Å². The topological polar surface area (TPSA) is 52.6 Å². The molecule has 2 heterocycles. The van der Waals surface area contributed by atoms with E-state index in [1.807, 2.05) is 17.0 Å². The van der Waals surface area contributed by atoms with Crippen molar-refractivity contribution in [2.75, 3.05) is 19.7 Å². The van der Waals surface area contributed by atoms with Crippen molar-refractivity contribution in [1.82, 2.24) is 10.2 Å². The molecule has 1 fully saturated rings. The number of fused-ring (bicyclic) bond motifs is 1. The van der Waals surface area contributed by atoms with E-state index in [2.05, 4.69) is 23.2 Å². The highest BCUT2D eigenvalue weighted by Crippen LogP contribution is 2.29. The molecule has 1 unspecified atom stereocenters. The van der Waals surface area contributed by atoms with Crippen LogP contribution in [0.15, 0.2) is 18.2 Å². The fourth-order valence-corrected chi connectivity index (χ4v) is 4.06. The molecular weight excluding hydrogens is 336 g/mol. The summed E-state index contributed by atoms with van der Waals surface area (Å²) in [5.41, 5.74) is 2.98. The molecule has 4 heteroatoms. The number of hydrogen-bond donors (Lipinski definition) is 2. The normalized spacial score (nSPS) is 18.9. The second kappa shape index (κ2) is 10.5. The van der Waals surface area contributed by atoms with Crippen LogP contribution in [0.2, 0.25) is 0 Å². The third-order valence-electron chi connectivity index (χ3n) is 5.64. The lowest BCUT2D eigenvalue weighted by atomic mass is 10.0.